The predicted molar refractivity (Wildman–Crippen MR) is 89.6 cm³/mol. The van der Waals surface area contributed by atoms with Crippen molar-refractivity contribution < 1.29 is 13.9 Å². The van der Waals surface area contributed by atoms with Gasteiger partial charge in [-0.2, -0.15) is 0 Å². The molecule has 3 heterocycles. The first-order chi connectivity index (χ1) is 11.7. The minimum atomic E-state index is -0.392. The van der Waals surface area contributed by atoms with Gasteiger partial charge in [0, 0.05) is 52.9 Å². The number of rotatable bonds is 6. The van der Waals surface area contributed by atoms with Crippen molar-refractivity contribution in [2.45, 2.75) is 12.8 Å². The molecule has 2 saturated heterocycles. The van der Waals surface area contributed by atoms with Gasteiger partial charge < -0.3 is 19.3 Å². The van der Waals surface area contributed by atoms with E-state index in [1.54, 1.807) is 14.2 Å². The van der Waals surface area contributed by atoms with Crippen molar-refractivity contribution in [3.8, 4) is 0 Å². The molecule has 0 bridgehead atoms. The lowest BCUT2D eigenvalue weighted by atomic mass is 9.71. The molecule has 24 heavy (non-hydrogen) atoms. The quantitative estimate of drug-likeness (QED) is 0.782. The van der Waals surface area contributed by atoms with Gasteiger partial charge >= 0.3 is 0 Å². The molecule has 2 fully saturated rings. The van der Waals surface area contributed by atoms with E-state index < -0.39 is 5.82 Å². The van der Waals surface area contributed by atoms with Gasteiger partial charge in [-0.1, -0.05) is 0 Å². The molecule has 1 aromatic rings. The van der Waals surface area contributed by atoms with Gasteiger partial charge in [0.25, 0.3) is 0 Å². The van der Waals surface area contributed by atoms with Crippen molar-refractivity contribution >= 4 is 5.95 Å². The lowest BCUT2D eigenvalue weighted by molar-refractivity contribution is 0.0759. The molecule has 2 aliphatic heterocycles. The van der Waals surface area contributed by atoms with Crippen molar-refractivity contribution in [2.24, 2.45) is 11.3 Å². The number of halogens is 1. The van der Waals surface area contributed by atoms with E-state index >= 15 is 0 Å². The van der Waals surface area contributed by atoms with Gasteiger partial charge in [0.1, 0.15) is 0 Å². The third-order valence-electron chi connectivity index (χ3n) is 5.51. The molecular formula is C17H27FN4O2. The second-order valence-corrected chi connectivity index (χ2v) is 6.93. The van der Waals surface area contributed by atoms with Crippen LogP contribution in [0.1, 0.15) is 12.8 Å². The first-order valence-corrected chi connectivity index (χ1v) is 8.59. The van der Waals surface area contributed by atoms with Crippen molar-refractivity contribution in [1.82, 2.24) is 14.9 Å². The van der Waals surface area contributed by atoms with Crippen LogP contribution in [0.3, 0.4) is 0 Å². The summed E-state index contributed by atoms with van der Waals surface area (Å²) in [4.78, 5) is 12.9. The number of anilines is 1. The van der Waals surface area contributed by atoms with E-state index in [9.17, 15) is 4.39 Å². The molecule has 1 atom stereocenters. The first-order valence-electron chi connectivity index (χ1n) is 8.59. The number of nitrogens with zero attached hydrogens (tertiary/aromatic N) is 4. The lowest BCUT2D eigenvalue weighted by Gasteiger charge is -2.42. The molecule has 1 aromatic heterocycles. The normalized spacial score (nSPS) is 24.0. The highest BCUT2D eigenvalue weighted by molar-refractivity contribution is 5.30. The molecule has 0 amide bonds. The lowest BCUT2D eigenvalue weighted by Crippen LogP contribution is -2.45. The summed E-state index contributed by atoms with van der Waals surface area (Å²) in [6, 6.07) is 0. The molecular weight excluding hydrogens is 311 g/mol. The predicted octanol–water partition coefficient (Wildman–Crippen LogP) is 1.43. The maximum atomic E-state index is 13.0. The SMILES string of the molecule is COCCN1C[C@@H](COC)C2(CCN(c3ncc(F)cn3)CC2)C1. The van der Waals surface area contributed by atoms with E-state index in [1.807, 2.05) is 0 Å². The van der Waals surface area contributed by atoms with Gasteiger partial charge in [0.2, 0.25) is 5.95 Å². The Labute approximate surface area is 143 Å². The molecule has 0 N–H and O–H groups in total. The average Bonchev–Trinajstić information content (AvgIpc) is 2.92. The van der Waals surface area contributed by atoms with Gasteiger partial charge in [-0.3, -0.25) is 0 Å². The number of piperidine rings is 1. The number of hydrogen-bond acceptors (Lipinski definition) is 6. The van der Waals surface area contributed by atoms with Gasteiger partial charge in [-0.15, -0.1) is 0 Å². The van der Waals surface area contributed by atoms with E-state index in [4.69, 9.17) is 9.47 Å². The Morgan fingerprint density at radius 3 is 2.54 bits per heavy atom. The molecule has 0 unspecified atom stereocenters. The molecule has 7 heteroatoms. The standard InChI is InChI=1S/C17H27FN4O2/c1-23-8-7-21-11-14(12-24-2)17(13-21)3-5-22(6-4-17)16-19-9-15(18)10-20-16/h9-10,14H,3-8,11-13H2,1-2H3/t14-/m0/s1. The van der Waals surface area contributed by atoms with Crippen LogP contribution in [0.4, 0.5) is 10.3 Å². The molecule has 0 aliphatic carbocycles. The largest absolute Gasteiger partial charge is 0.384 e. The maximum Gasteiger partial charge on any atom is 0.225 e. The molecule has 134 valence electrons. The van der Waals surface area contributed by atoms with Crippen LogP contribution in [0.2, 0.25) is 0 Å². The van der Waals surface area contributed by atoms with Gasteiger partial charge in [0.15, 0.2) is 5.82 Å². The monoisotopic (exact) mass is 338 g/mol. The second-order valence-electron chi connectivity index (χ2n) is 6.93. The second kappa shape index (κ2) is 7.72. The Hall–Kier alpha value is -1.31. The van der Waals surface area contributed by atoms with Crippen LogP contribution in [-0.4, -0.2) is 75.0 Å². The summed E-state index contributed by atoms with van der Waals surface area (Å²) in [6.45, 7) is 6.53. The summed E-state index contributed by atoms with van der Waals surface area (Å²) < 4.78 is 23.7. The Morgan fingerprint density at radius 2 is 1.92 bits per heavy atom. The van der Waals surface area contributed by atoms with Crippen LogP contribution in [0.15, 0.2) is 12.4 Å². The van der Waals surface area contributed by atoms with E-state index in [0.717, 1.165) is 58.8 Å². The fraction of sp³-hybridized carbons (Fsp3) is 0.765. The smallest absolute Gasteiger partial charge is 0.225 e. The molecule has 0 aromatic carbocycles. The van der Waals surface area contributed by atoms with Crippen molar-refractivity contribution in [3.05, 3.63) is 18.2 Å². The molecule has 1 spiro atoms. The van der Waals surface area contributed by atoms with Gasteiger partial charge in [0.05, 0.1) is 25.6 Å². The number of aromatic nitrogens is 2. The summed E-state index contributed by atoms with van der Waals surface area (Å²) in [5.74, 6) is 0.788. The molecule has 0 saturated carbocycles. The zero-order valence-corrected chi connectivity index (χ0v) is 14.6. The summed E-state index contributed by atoms with van der Waals surface area (Å²) in [7, 11) is 3.53. The Balaban J connectivity index is 1.64. The van der Waals surface area contributed by atoms with Crippen LogP contribution in [0.5, 0.6) is 0 Å². The topological polar surface area (TPSA) is 50.7 Å². The fourth-order valence-corrected chi connectivity index (χ4v) is 4.15. The van der Waals surface area contributed by atoms with Gasteiger partial charge in [-0.25, -0.2) is 14.4 Å². The number of ether oxygens (including phenoxy) is 2. The van der Waals surface area contributed by atoms with Gasteiger partial charge in [-0.05, 0) is 18.3 Å². The number of methoxy groups -OCH3 is 2. The third-order valence-corrected chi connectivity index (χ3v) is 5.51. The maximum absolute atomic E-state index is 13.0. The van der Waals surface area contributed by atoms with E-state index in [-0.39, 0.29) is 0 Å². The van der Waals surface area contributed by atoms with E-state index in [2.05, 4.69) is 19.8 Å². The zero-order chi connectivity index (χ0) is 17.0. The van der Waals surface area contributed by atoms with Crippen LogP contribution < -0.4 is 4.90 Å². The number of hydrogen-bond donors (Lipinski definition) is 0. The first kappa shape index (κ1) is 17.5. The highest BCUT2D eigenvalue weighted by Crippen LogP contribution is 2.45. The summed E-state index contributed by atoms with van der Waals surface area (Å²) in [5.41, 5.74) is 0.292. The van der Waals surface area contributed by atoms with Crippen LogP contribution in [0.25, 0.3) is 0 Å². The highest BCUT2D eigenvalue weighted by atomic mass is 19.1. The summed E-state index contributed by atoms with van der Waals surface area (Å²) in [5, 5.41) is 0. The van der Waals surface area contributed by atoms with E-state index in [0.29, 0.717) is 17.3 Å². The van der Waals surface area contributed by atoms with Crippen LogP contribution in [-0.2, 0) is 9.47 Å². The minimum absolute atomic E-state index is 0.292. The van der Waals surface area contributed by atoms with Crippen molar-refractivity contribution in [1.29, 1.82) is 0 Å². The summed E-state index contributed by atoms with van der Waals surface area (Å²) in [6.07, 6.45) is 4.65. The summed E-state index contributed by atoms with van der Waals surface area (Å²) >= 11 is 0. The molecule has 3 rings (SSSR count). The van der Waals surface area contributed by atoms with E-state index in [1.165, 1.54) is 12.4 Å². The zero-order valence-electron chi connectivity index (χ0n) is 14.6. The Kier molecular flexibility index (Phi) is 5.63. The van der Waals surface area contributed by atoms with Crippen molar-refractivity contribution in [2.75, 3.05) is 65.1 Å². The highest BCUT2D eigenvalue weighted by Gasteiger charge is 2.47. The third kappa shape index (κ3) is 3.68. The Bertz CT molecular complexity index is 520. The van der Waals surface area contributed by atoms with Crippen LogP contribution in [0, 0.1) is 17.2 Å². The Morgan fingerprint density at radius 1 is 1.21 bits per heavy atom. The molecule has 6 nitrogen and oxygen atoms in total. The van der Waals surface area contributed by atoms with Crippen molar-refractivity contribution in [3.63, 3.8) is 0 Å². The molecule has 2 aliphatic rings. The van der Waals surface area contributed by atoms with Crippen LogP contribution >= 0.6 is 0 Å². The molecule has 0 radical (unpaired) electrons. The fourth-order valence-electron chi connectivity index (χ4n) is 4.15. The minimum Gasteiger partial charge on any atom is -0.384 e. The number of likely N-dealkylation sites (tertiary alicyclic amines) is 1. The average molecular weight is 338 g/mol.